The van der Waals surface area contributed by atoms with Crippen molar-refractivity contribution in [3.05, 3.63) is 69.7 Å². The van der Waals surface area contributed by atoms with Crippen LogP contribution in [0, 0.1) is 12.8 Å². The highest BCUT2D eigenvalue weighted by Gasteiger charge is 2.38. The molecule has 0 radical (unpaired) electrons. The number of benzene rings is 1. The van der Waals surface area contributed by atoms with Gasteiger partial charge in [0, 0.05) is 36.8 Å². The van der Waals surface area contributed by atoms with Crippen molar-refractivity contribution >= 4 is 17.2 Å². The van der Waals surface area contributed by atoms with Crippen LogP contribution < -0.4 is 0 Å². The maximum absolute atomic E-state index is 12.8. The summed E-state index contributed by atoms with van der Waals surface area (Å²) in [5.74, 6) is 1.67. The molecule has 1 atom stereocenters. The molecule has 5 rings (SSSR count). The third kappa shape index (κ3) is 3.18. The van der Waals surface area contributed by atoms with Crippen LogP contribution in [-0.4, -0.2) is 31.9 Å². The molecule has 1 fully saturated rings. The maximum atomic E-state index is 12.8. The van der Waals surface area contributed by atoms with E-state index in [0.717, 1.165) is 35.9 Å². The molecule has 1 aliphatic carbocycles. The van der Waals surface area contributed by atoms with E-state index in [1.807, 2.05) is 24.2 Å². The highest BCUT2D eigenvalue weighted by molar-refractivity contribution is 7.09. The molecular weight excluding hydrogens is 356 g/mol. The number of fused-ring (bicyclic) bond motifs is 1. The smallest absolute Gasteiger partial charge is 0.226 e. The van der Waals surface area contributed by atoms with E-state index in [-0.39, 0.29) is 11.8 Å². The Balaban J connectivity index is 1.50. The highest BCUT2D eigenvalue weighted by Crippen LogP contribution is 2.37. The Labute approximate surface area is 162 Å². The number of hydrogen-bond acceptors (Lipinski definition) is 4. The van der Waals surface area contributed by atoms with Gasteiger partial charge in [0.2, 0.25) is 5.91 Å². The standard InChI is InChI=1S/C21H22N4OS/c1-14-23-17(13-27-14)11-24-9-8-22-20(24)19-12-25(21(26)15-6-7-15)10-16-4-2-3-5-18(16)19/h2-5,8-9,13,15,19H,6-7,10-12H2,1H3/t19-/m0/s1. The van der Waals surface area contributed by atoms with Gasteiger partial charge in [-0.3, -0.25) is 4.79 Å². The summed E-state index contributed by atoms with van der Waals surface area (Å²) >= 11 is 1.67. The van der Waals surface area contributed by atoms with Crippen LogP contribution in [0.15, 0.2) is 42.0 Å². The first-order valence-electron chi connectivity index (χ1n) is 9.47. The second-order valence-corrected chi connectivity index (χ2v) is 8.58. The third-order valence-electron chi connectivity index (χ3n) is 5.49. The number of imidazole rings is 1. The molecule has 0 N–H and O–H groups in total. The van der Waals surface area contributed by atoms with Crippen LogP contribution in [0.1, 0.15) is 46.4 Å². The average Bonchev–Trinajstić information content (AvgIpc) is 3.31. The third-order valence-corrected chi connectivity index (χ3v) is 6.31. The zero-order valence-corrected chi connectivity index (χ0v) is 16.2. The van der Waals surface area contributed by atoms with Crippen molar-refractivity contribution in [3.63, 3.8) is 0 Å². The van der Waals surface area contributed by atoms with Crippen molar-refractivity contribution in [2.24, 2.45) is 5.92 Å². The number of carbonyl (C=O) groups is 1. The van der Waals surface area contributed by atoms with Crippen molar-refractivity contribution in [2.75, 3.05) is 6.54 Å². The van der Waals surface area contributed by atoms with Gasteiger partial charge >= 0.3 is 0 Å². The van der Waals surface area contributed by atoms with Crippen molar-refractivity contribution in [1.82, 2.24) is 19.4 Å². The van der Waals surface area contributed by atoms with Gasteiger partial charge in [-0.25, -0.2) is 9.97 Å². The molecule has 6 heteroatoms. The van der Waals surface area contributed by atoms with Gasteiger partial charge in [-0.2, -0.15) is 0 Å². The lowest BCUT2D eigenvalue weighted by atomic mass is 9.88. The Bertz CT molecular complexity index is 987. The predicted octanol–water partition coefficient (Wildman–Crippen LogP) is 3.58. The fourth-order valence-corrected chi connectivity index (χ4v) is 4.61. The Morgan fingerprint density at radius 2 is 2.15 bits per heavy atom. The summed E-state index contributed by atoms with van der Waals surface area (Å²) in [6.07, 6.45) is 5.96. The van der Waals surface area contributed by atoms with Gasteiger partial charge in [-0.1, -0.05) is 24.3 Å². The normalized spacial score (nSPS) is 19.1. The highest BCUT2D eigenvalue weighted by atomic mass is 32.1. The molecule has 2 aromatic heterocycles. The van der Waals surface area contributed by atoms with E-state index in [0.29, 0.717) is 19.0 Å². The largest absolute Gasteiger partial charge is 0.337 e. The average molecular weight is 379 g/mol. The fourth-order valence-electron chi connectivity index (χ4n) is 4.00. The van der Waals surface area contributed by atoms with Crippen LogP contribution in [-0.2, 0) is 17.9 Å². The van der Waals surface area contributed by atoms with Gasteiger partial charge in [0.1, 0.15) is 5.82 Å². The molecule has 0 saturated heterocycles. The van der Waals surface area contributed by atoms with Crippen molar-refractivity contribution in [2.45, 2.75) is 38.8 Å². The summed E-state index contributed by atoms with van der Waals surface area (Å²) in [5, 5.41) is 3.19. The lowest BCUT2D eigenvalue weighted by Gasteiger charge is -2.34. The molecular formula is C21H22N4OS. The van der Waals surface area contributed by atoms with Gasteiger partial charge in [-0.05, 0) is 30.9 Å². The van der Waals surface area contributed by atoms with Crippen molar-refractivity contribution in [1.29, 1.82) is 0 Å². The molecule has 3 aromatic rings. The SMILES string of the molecule is Cc1nc(Cn2ccnc2[C@H]2CN(C(=O)C3CC3)Cc3ccccc32)cs1. The Hall–Kier alpha value is -2.47. The van der Waals surface area contributed by atoms with Crippen LogP contribution >= 0.6 is 11.3 Å². The molecule has 3 heterocycles. The van der Waals surface area contributed by atoms with E-state index in [9.17, 15) is 4.79 Å². The molecule has 0 unspecified atom stereocenters. The number of nitrogens with zero attached hydrogens (tertiary/aromatic N) is 4. The lowest BCUT2D eigenvalue weighted by molar-refractivity contribution is -0.133. The van der Waals surface area contributed by atoms with Gasteiger partial charge in [-0.15, -0.1) is 11.3 Å². The summed E-state index contributed by atoms with van der Waals surface area (Å²) < 4.78 is 2.18. The zero-order valence-electron chi connectivity index (χ0n) is 15.3. The Morgan fingerprint density at radius 3 is 2.93 bits per heavy atom. The summed E-state index contributed by atoms with van der Waals surface area (Å²) in [4.78, 5) is 24.1. The molecule has 1 amide bonds. The molecule has 1 aromatic carbocycles. The van der Waals surface area contributed by atoms with E-state index < -0.39 is 0 Å². The minimum Gasteiger partial charge on any atom is -0.337 e. The van der Waals surface area contributed by atoms with Crippen LogP contribution in [0.5, 0.6) is 0 Å². The van der Waals surface area contributed by atoms with Crippen molar-refractivity contribution in [3.8, 4) is 0 Å². The number of thiazole rings is 1. The van der Waals surface area contributed by atoms with Gasteiger partial charge < -0.3 is 9.47 Å². The number of aromatic nitrogens is 3. The molecule has 5 nitrogen and oxygen atoms in total. The van der Waals surface area contributed by atoms with Gasteiger partial charge in [0.15, 0.2) is 0 Å². The molecule has 138 valence electrons. The van der Waals surface area contributed by atoms with E-state index in [1.165, 1.54) is 11.1 Å². The first kappa shape index (κ1) is 16.7. The van der Waals surface area contributed by atoms with E-state index in [4.69, 9.17) is 4.98 Å². The second-order valence-electron chi connectivity index (χ2n) is 7.52. The molecule has 1 saturated carbocycles. The number of aryl methyl sites for hydroxylation is 1. The Kier molecular flexibility index (Phi) is 4.08. The molecule has 0 bridgehead atoms. The second kappa shape index (κ2) is 6.60. The molecule has 27 heavy (non-hydrogen) atoms. The number of amides is 1. The number of rotatable bonds is 4. The fraction of sp³-hybridized carbons (Fsp3) is 0.381. The number of carbonyl (C=O) groups excluding carboxylic acids is 1. The summed E-state index contributed by atoms with van der Waals surface area (Å²) in [7, 11) is 0. The zero-order chi connectivity index (χ0) is 18.4. The van der Waals surface area contributed by atoms with E-state index in [2.05, 4.69) is 39.2 Å². The van der Waals surface area contributed by atoms with Crippen molar-refractivity contribution < 1.29 is 4.79 Å². The van der Waals surface area contributed by atoms with Gasteiger partial charge in [0.05, 0.1) is 23.2 Å². The summed E-state index contributed by atoms with van der Waals surface area (Å²) in [5.41, 5.74) is 3.59. The minimum absolute atomic E-state index is 0.104. The quantitative estimate of drug-likeness (QED) is 0.697. The van der Waals surface area contributed by atoms with E-state index >= 15 is 0 Å². The topological polar surface area (TPSA) is 51.0 Å². The first-order chi connectivity index (χ1) is 13.2. The van der Waals surface area contributed by atoms with Crippen LogP contribution in [0.25, 0.3) is 0 Å². The number of hydrogen-bond donors (Lipinski definition) is 0. The summed E-state index contributed by atoms with van der Waals surface area (Å²) in [6.45, 7) is 4.17. The van der Waals surface area contributed by atoms with E-state index in [1.54, 1.807) is 11.3 Å². The van der Waals surface area contributed by atoms with Gasteiger partial charge in [0.25, 0.3) is 0 Å². The maximum Gasteiger partial charge on any atom is 0.226 e. The first-order valence-corrected chi connectivity index (χ1v) is 10.4. The lowest BCUT2D eigenvalue weighted by Crippen LogP contribution is -2.40. The molecule has 1 aliphatic heterocycles. The van der Waals surface area contributed by atoms with Crippen LogP contribution in [0.2, 0.25) is 0 Å². The molecule has 2 aliphatic rings. The summed E-state index contributed by atoms with van der Waals surface area (Å²) in [6, 6.07) is 8.48. The minimum atomic E-state index is 0.104. The Morgan fingerprint density at radius 1 is 1.30 bits per heavy atom. The van der Waals surface area contributed by atoms with Crippen LogP contribution in [0.3, 0.4) is 0 Å². The molecule has 0 spiro atoms. The monoisotopic (exact) mass is 378 g/mol. The predicted molar refractivity (Wildman–Crippen MR) is 105 cm³/mol. The van der Waals surface area contributed by atoms with Crippen LogP contribution in [0.4, 0.5) is 0 Å².